The fourth-order valence-corrected chi connectivity index (χ4v) is 0.978. The molecule has 3 nitrogen and oxygen atoms in total. The first-order valence-electron chi connectivity index (χ1n) is 5.53. The molecule has 0 aliphatic rings. The first-order valence-corrected chi connectivity index (χ1v) is 5.53. The van der Waals surface area contributed by atoms with Gasteiger partial charge in [-0.25, -0.2) is 0 Å². The van der Waals surface area contributed by atoms with Crippen LogP contribution in [-0.4, -0.2) is 24.2 Å². The molecule has 0 aromatic heterocycles. The third-order valence-corrected chi connectivity index (χ3v) is 1.53. The van der Waals surface area contributed by atoms with Crippen molar-refractivity contribution in [3.63, 3.8) is 0 Å². The van der Waals surface area contributed by atoms with Crippen molar-refractivity contribution in [1.82, 2.24) is 0 Å². The predicted molar refractivity (Wildman–Crippen MR) is 61.6 cm³/mol. The zero-order valence-electron chi connectivity index (χ0n) is 10.5. The third-order valence-electron chi connectivity index (χ3n) is 1.53. The number of halogens is 3. The second-order valence-corrected chi connectivity index (χ2v) is 3.18. The summed E-state index contributed by atoms with van der Waals surface area (Å²) in [5.41, 5.74) is 0. The van der Waals surface area contributed by atoms with Crippen molar-refractivity contribution in [1.29, 1.82) is 0 Å². The molecular weight excluding hydrogens is 249 g/mol. The van der Waals surface area contributed by atoms with Gasteiger partial charge in [-0.1, -0.05) is 19.9 Å². The number of aliphatic hydroxyl groups is 1. The van der Waals surface area contributed by atoms with Crippen molar-refractivity contribution in [2.24, 2.45) is 0 Å². The van der Waals surface area contributed by atoms with Crippen LogP contribution in [0.4, 0.5) is 13.2 Å². The van der Waals surface area contributed by atoms with Crippen molar-refractivity contribution in [2.75, 3.05) is 6.61 Å². The van der Waals surface area contributed by atoms with Crippen molar-refractivity contribution < 1.29 is 27.8 Å². The van der Waals surface area contributed by atoms with E-state index in [4.69, 9.17) is 9.84 Å². The van der Waals surface area contributed by atoms with Crippen molar-refractivity contribution in [2.45, 2.75) is 33.2 Å². The van der Waals surface area contributed by atoms with E-state index in [1.807, 2.05) is 13.8 Å². The molecule has 0 radical (unpaired) electrons. The molecule has 1 aromatic rings. The second kappa shape index (κ2) is 7.81. The highest BCUT2D eigenvalue weighted by Crippen LogP contribution is 2.25. The van der Waals surface area contributed by atoms with Gasteiger partial charge in [-0.2, -0.15) is 0 Å². The van der Waals surface area contributed by atoms with Gasteiger partial charge in [-0.3, -0.25) is 0 Å². The van der Waals surface area contributed by atoms with E-state index in [1.54, 1.807) is 0 Å². The maximum absolute atomic E-state index is 11.9. The Balaban J connectivity index is 0.00000137. The summed E-state index contributed by atoms with van der Waals surface area (Å²) in [6.07, 6.45) is -5.41. The Labute approximate surface area is 104 Å². The minimum atomic E-state index is -4.72. The normalized spacial score (nSPS) is 12.2. The Morgan fingerprint density at radius 2 is 1.78 bits per heavy atom. The molecule has 0 aliphatic heterocycles. The summed E-state index contributed by atoms with van der Waals surface area (Å²) in [6, 6.07) is 5.13. The maximum Gasteiger partial charge on any atom is 0.573 e. The largest absolute Gasteiger partial charge is 0.573 e. The smallest absolute Gasteiger partial charge is 0.491 e. The number of benzene rings is 1. The molecule has 1 atom stereocenters. The molecule has 0 amide bonds. The number of aliphatic hydroxyl groups excluding tert-OH is 1. The van der Waals surface area contributed by atoms with Gasteiger partial charge in [0.05, 0.1) is 6.10 Å². The fourth-order valence-electron chi connectivity index (χ4n) is 0.978. The molecule has 1 aromatic carbocycles. The molecule has 6 heteroatoms. The summed E-state index contributed by atoms with van der Waals surface area (Å²) in [7, 11) is 0. The number of hydrogen-bond donors (Lipinski definition) is 1. The average molecular weight is 266 g/mol. The molecular formula is C12H17F3O3. The van der Waals surface area contributed by atoms with Crippen LogP contribution in [0, 0.1) is 0 Å². The van der Waals surface area contributed by atoms with Crippen molar-refractivity contribution in [3.05, 3.63) is 24.3 Å². The van der Waals surface area contributed by atoms with E-state index in [0.29, 0.717) is 0 Å². The summed E-state index contributed by atoms with van der Waals surface area (Å²) in [6.45, 7) is 5.52. The van der Waals surface area contributed by atoms with Crippen LogP contribution in [0.3, 0.4) is 0 Å². The average Bonchev–Trinajstić information content (AvgIpc) is 2.27. The van der Waals surface area contributed by atoms with Gasteiger partial charge in [-0.05, 0) is 19.1 Å². The molecule has 0 saturated heterocycles. The van der Waals surface area contributed by atoms with E-state index in [2.05, 4.69) is 4.74 Å². The minimum absolute atomic E-state index is 0.00940. The summed E-state index contributed by atoms with van der Waals surface area (Å²) in [4.78, 5) is 0. The Morgan fingerprint density at radius 1 is 1.22 bits per heavy atom. The summed E-state index contributed by atoms with van der Waals surface area (Å²) in [5, 5.41) is 8.93. The number of ether oxygens (including phenoxy) is 2. The Kier molecular flexibility index (Phi) is 7.19. The van der Waals surface area contributed by atoms with Crippen LogP contribution in [0.1, 0.15) is 20.8 Å². The second-order valence-electron chi connectivity index (χ2n) is 3.18. The van der Waals surface area contributed by atoms with Crippen molar-refractivity contribution in [3.8, 4) is 11.5 Å². The van der Waals surface area contributed by atoms with Crippen LogP contribution in [0.15, 0.2) is 24.3 Å². The first kappa shape index (κ1) is 16.6. The van der Waals surface area contributed by atoms with Crippen LogP contribution in [-0.2, 0) is 0 Å². The van der Waals surface area contributed by atoms with Gasteiger partial charge in [0.2, 0.25) is 0 Å². The van der Waals surface area contributed by atoms with Gasteiger partial charge >= 0.3 is 6.36 Å². The Bertz CT molecular complexity index is 338. The Hall–Kier alpha value is -1.43. The third kappa shape index (κ3) is 7.78. The zero-order valence-corrected chi connectivity index (χ0v) is 10.5. The minimum Gasteiger partial charge on any atom is -0.491 e. The lowest BCUT2D eigenvalue weighted by atomic mass is 10.3. The molecule has 1 N–H and O–H groups in total. The first-order chi connectivity index (χ1) is 8.37. The lowest BCUT2D eigenvalue weighted by Crippen LogP contribution is -2.17. The van der Waals surface area contributed by atoms with Gasteiger partial charge in [0, 0.05) is 6.07 Å². The van der Waals surface area contributed by atoms with Gasteiger partial charge in [0.25, 0.3) is 0 Å². The molecule has 0 aliphatic carbocycles. The van der Waals surface area contributed by atoms with E-state index in [9.17, 15) is 13.2 Å². The highest BCUT2D eigenvalue weighted by atomic mass is 19.4. The molecule has 1 unspecified atom stereocenters. The van der Waals surface area contributed by atoms with E-state index < -0.39 is 12.5 Å². The molecule has 0 saturated carbocycles. The standard InChI is InChI=1S/C10H11F3O3.C2H6/c1-7(14)6-15-8-3-2-4-9(5-8)16-10(11,12)13;1-2/h2-5,7,14H,6H2,1H3;1-2H3. The number of hydrogen-bond acceptors (Lipinski definition) is 3. The summed E-state index contributed by atoms with van der Waals surface area (Å²) >= 11 is 0. The van der Waals surface area contributed by atoms with E-state index in [0.717, 1.165) is 6.07 Å². The molecule has 0 fully saturated rings. The Morgan fingerprint density at radius 3 is 2.28 bits per heavy atom. The fraction of sp³-hybridized carbons (Fsp3) is 0.500. The van der Waals surface area contributed by atoms with Gasteiger partial charge < -0.3 is 14.6 Å². The van der Waals surface area contributed by atoms with Crippen LogP contribution < -0.4 is 9.47 Å². The SMILES string of the molecule is CC.CC(O)COc1cccc(OC(F)(F)F)c1. The van der Waals surface area contributed by atoms with Crippen LogP contribution in [0.2, 0.25) is 0 Å². The lowest BCUT2D eigenvalue weighted by molar-refractivity contribution is -0.274. The van der Waals surface area contributed by atoms with E-state index >= 15 is 0 Å². The topological polar surface area (TPSA) is 38.7 Å². The summed E-state index contributed by atoms with van der Waals surface area (Å²) in [5.74, 6) is -0.141. The highest BCUT2D eigenvalue weighted by Gasteiger charge is 2.31. The van der Waals surface area contributed by atoms with Gasteiger partial charge in [0.15, 0.2) is 0 Å². The number of rotatable bonds is 4. The van der Waals surface area contributed by atoms with Crippen LogP contribution in [0.5, 0.6) is 11.5 Å². The number of alkyl halides is 3. The molecule has 0 spiro atoms. The highest BCUT2D eigenvalue weighted by molar-refractivity contribution is 5.33. The molecule has 0 heterocycles. The monoisotopic (exact) mass is 266 g/mol. The molecule has 104 valence electrons. The molecule has 0 bridgehead atoms. The van der Waals surface area contributed by atoms with Gasteiger partial charge in [0.1, 0.15) is 18.1 Å². The maximum atomic E-state index is 11.9. The zero-order chi connectivity index (χ0) is 14.2. The summed E-state index contributed by atoms with van der Waals surface area (Å²) < 4.78 is 44.4. The quantitative estimate of drug-likeness (QED) is 0.908. The lowest BCUT2D eigenvalue weighted by Gasteiger charge is -2.11. The molecule has 18 heavy (non-hydrogen) atoms. The van der Waals surface area contributed by atoms with E-state index in [1.165, 1.54) is 25.1 Å². The van der Waals surface area contributed by atoms with Crippen LogP contribution >= 0.6 is 0 Å². The predicted octanol–water partition coefficient (Wildman–Crippen LogP) is 3.37. The van der Waals surface area contributed by atoms with Gasteiger partial charge in [-0.15, -0.1) is 13.2 Å². The van der Waals surface area contributed by atoms with E-state index in [-0.39, 0.29) is 18.1 Å². The van der Waals surface area contributed by atoms with Crippen molar-refractivity contribution >= 4 is 0 Å². The molecule has 1 rings (SSSR count). The van der Waals surface area contributed by atoms with Crippen LogP contribution in [0.25, 0.3) is 0 Å².